The van der Waals surface area contributed by atoms with E-state index < -0.39 is 51.1 Å². The van der Waals surface area contributed by atoms with E-state index in [1.54, 1.807) is 0 Å². The minimum atomic E-state index is -5.14. The van der Waals surface area contributed by atoms with Crippen LogP contribution in [0, 0.1) is 10.1 Å². The molecule has 0 saturated carbocycles. The molecule has 0 unspecified atom stereocenters. The maximum atomic E-state index is 12.9. The van der Waals surface area contributed by atoms with Crippen molar-refractivity contribution in [2.75, 3.05) is 5.06 Å². The van der Waals surface area contributed by atoms with Gasteiger partial charge >= 0.3 is 12.4 Å². The van der Waals surface area contributed by atoms with Gasteiger partial charge in [-0.2, -0.15) is 26.3 Å². The molecule has 6 nitrogen and oxygen atoms in total. The van der Waals surface area contributed by atoms with Crippen LogP contribution in [0.25, 0.3) is 0 Å². The number of hydrogen-bond donors (Lipinski definition) is 1. The molecule has 0 aliphatic heterocycles. The summed E-state index contributed by atoms with van der Waals surface area (Å²) in [7, 11) is 0. The van der Waals surface area contributed by atoms with Crippen LogP contribution in [0.4, 0.5) is 32.0 Å². The molecule has 28 heavy (non-hydrogen) atoms. The zero-order valence-corrected chi connectivity index (χ0v) is 14.8. The molecule has 0 atom stereocenters. The Labute approximate surface area is 160 Å². The van der Waals surface area contributed by atoms with Crippen LogP contribution >= 0.6 is 15.9 Å². The van der Waals surface area contributed by atoms with Gasteiger partial charge in [0.25, 0.3) is 5.70 Å². The Hall–Kier alpha value is -2.67. The van der Waals surface area contributed by atoms with E-state index in [0.717, 1.165) is 6.08 Å². The van der Waals surface area contributed by atoms with Gasteiger partial charge in [0.15, 0.2) is 0 Å². The molecule has 0 radical (unpaired) electrons. The largest absolute Gasteiger partial charge is 0.416 e. The number of ketones is 1. The van der Waals surface area contributed by atoms with Gasteiger partial charge in [0.1, 0.15) is 0 Å². The van der Waals surface area contributed by atoms with Crippen LogP contribution in [0.3, 0.4) is 0 Å². The maximum absolute atomic E-state index is 12.9. The fraction of sp³-hybridized carbons (Fsp3) is 0.133. The van der Waals surface area contributed by atoms with Gasteiger partial charge in [-0.15, -0.1) is 0 Å². The molecule has 0 saturated heterocycles. The Morgan fingerprint density at radius 3 is 1.96 bits per heavy atom. The number of rotatable bonds is 3. The predicted molar refractivity (Wildman–Crippen MR) is 85.9 cm³/mol. The first-order chi connectivity index (χ1) is 12.7. The van der Waals surface area contributed by atoms with Crippen molar-refractivity contribution < 1.29 is 41.3 Å². The van der Waals surface area contributed by atoms with Crippen LogP contribution in [0.1, 0.15) is 11.1 Å². The number of carbonyl (C=O) groups is 1. The Kier molecular flexibility index (Phi) is 5.71. The SMILES string of the molecule is O=C1C(Br)=CC([N+](=O)[O-])=C/C1=C\N(O)c1cc(C(F)(F)F)cc(C(F)(F)F)c1. The number of halogens is 7. The number of hydroxylamine groups is 1. The third kappa shape index (κ3) is 4.78. The Morgan fingerprint density at radius 1 is 1.04 bits per heavy atom. The third-order valence-electron chi connectivity index (χ3n) is 3.37. The molecular weight excluding hydrogens is 466 g/mol. The predicted octanol–water partition coefficient (Wildman–Crippen LogP) is 4.83. The quantitative estimate of drug-likeness (QED) is 0.295. The number of carbonyl (C=O) groups excluding carboxylic acids is 1. The second kappa shape index (κ2) is 7.39. The lowest BCUT2D eigenvalue weighted by Gasteiger charge is -2.19. The summed E-state index contributed by atoms with van der Waals surface area (Å²) in [5.74, 6) is -0.882. The molecule has 0 fully saturated rings. The molecule has 0 aromatic heterocycles. The van der Waals surface area contributed by atoms with Gasteiger partial charge in [0.05, 0.1) is 26.2 Å². The lowest BCUT2D eigenvalue weighted by molar-refractivity contribution is -0.419. The number of nitrogens with zero attached hydrogens (tertiary/aromatic N) is 2. The monoisotopic (exact) mass is 472 g/mol. The lowest BCUT2D eigenvalue weighted by Crippen LogP contribution is -2.18. The average molecular weight is 473 g/mol. The van der Waals surface area contributed by atoms with E-state index in [4.69, 9.17) is 0 Å². The first-order valence-corrected chi connectivity index (χ1v) is 7.77. The molecule has 0 heterocycles. The summed E-state index contributed by atoms with van der Waals surface area (Å²) in [4.78, 5) is 21.9. The minimum Gasteiger partial charge on any atom is -0.288 e. The van der Waals surface area contributed by atoms with Crippen molar-refractivity contribution in [3.8, 4) is 0 Å². The van der Waals surface area contributed by atoms with Crippen LogP contribution in [-0.2, 0) is 17.1 Å². The summed E-state index contributed by atoms with van der Waals surface area (Å²) in [5, 5.41) is 20.6. The number of hydrogen-bond acceptors (Lipinski definition) is 5. The molecule has 1 aromatic rings. The Balaban J connectivity index is 2.55. The molecule has 1 aromatic carbocycles. The standard InChI is InChI=1S/C15H7BrF6N2O4/c16-12-5-11(24(27)28)1-7(13(12)25)6-23(26)10-3-8(14(17,18)19)2-9(4-10)15(20,21)22/h1-6,26H/b7-6+. The highest BCUT2D eigenvalue weighted by atomic mass is 79.9. The van der Waals surface area contributed by atoms with E-state index in [1.807, 2.05) is 0 Å². The first-order valence-electron chi connectivity index (χ1n) is 6.97. The first kappa shape index (κ1) is 21.6. The van der Waals surface area contributed by atoms with Gasteiger partial charge in [0, 0.05) is 23.9 Å². The third-order valence-corrected chi connectivity index (χ3v) is 3.96. The topological polar surface area (TPSA) is 83.7 Å². The highest BCUT2D eigenvalue weighted by Crippen LogP contribution is 2.38. The molecule has 150 valence electrons. The van der Waals surface area contributed by atoms with E-state index in [-0.39, 0.29) is 27.7 Å². The van der Waals surface area contributed by atoms with E-state index in [0.29, 0.717) is 12.3 Å². The Bertz CT molecular complexity index is 901. The van der Waals surface area contributed by atoms with Crippen molar-refractivity contribution in [2.24, 2.45) is 0 Å². The van der Waals surface area contributed by atoms with Crippen LogP contribution in [-0.4, -0.2) is 15.9 Å². The minimum absolute atomic E-state index is 0.139. The van der Waals surface area contributed by atoms with Gasteiger partial charge in [-0.3, -0.25) is 20.1 Å². The lowest BCUT2D eigenvalue weighted by atomic mass is 10.0. The van der Waals surface area contributed by atoms with Crippen molar-refractivity contribution in [3.05, 3.63) is 73.5 Å². The molecule has 1 aliphatic rings. The summed E-state index contributed by atoms with van der Waals surface area (Å²) < 4.78 is 77.0. The van der Waals surface area contributed by atoms with Crippen molar-refractivity contribution in [1.29, 1.82) is 0 Å². The van der Waals surface area contributed by atoms with Gasteiger partial charge in [-0.1, -0.05) is 0 Å². The number of Topliss-reactive ketones (excluding diaryl/α,β-unsaturated/α-hetero) is 1. The molecular formula is C15H7BrF6N2O4. The van der Waals surface area contributed by atoms with E-state index >= 15 is 0 Å². The number of allylic oxidation sites excluding steroid dienone is 4. The molecule has 0 spiro atoms. The van der Waals surface area contributed by atoms with Crippen LogP contribution in [0.2, 0.25) is 0 Å². The number of alkyl halides is 6. The van der Waals surface area contributed by atoms with Crippen LogP contribution in [0.15, 0.2) is 52.3 Å². The zero-order chi connectivity index (χ0) is 21.4. The highest BCUT2D eigenvalue weighted by Gasteiger charge is 2.37. The van der Waals surface area contributed by atoms with Crippen LogP contribution < -0.4 is 5.06 Å². The van der Waals surface area contributed by atoms with Crippen molar-refractivity contribution in [1.82, 2.24) is 0 Å². The molecule has 2 rings (SSSR count). The van der Waals surface area contributed by atoms with Gasteiger partial charge in [-0.05, 0) is 34.1 Å². The van der Waals surface area contributed by atoms with Crippen molar-refractivity contribution in [3.63, 3.8) is 0 Å². The maximum Gasteiger partial charge on any atom is 0.416 e. The number of anilines is 1. The van der Waals surface area contributed by atoms with Crippen LogP contribution in [0.5, 0.6) is 0 Å². The molecule has 1 N–H and O–H groups in total. The second-order valence-electron chi connectivity index (χ2n) is 5.34. The number of benzene rings is 1. The van der Waals surface area contributed by atoms with E-state index in [2.05, 4.69) is 15.9 Å². The summed E-state index contributed by atoms with van der Waals surface area (Å²) in [6.07, 6.45) is -8.26. The summed E-state index contributed by atoms with van der Waals surface area (Å²) in [5.41, 5.74) is -5.47. The van der Waals surface area contributed by atoms with Crippen molar-refractivity contribution in [2.45, 2.75) is 12.4 Å². The fourth-order valence-electron chi connectivity index (χ4n) is 2.08. The van der Waals surface area contributed by atoms with Gasteiger partial charge in [0.2, 0.25) is 5.78 Å². The van der Waals surface area contributed by atoms with E-state index in [1.165, 1.54) is 0 Å². The van der Waals surface area contributed by atoms with E-state index in [9.17, 15) is 46.5 Å². The fourth-order valence-corrected chi connectivity index (χ4v) is 2.54. The summed E-state index contributed by atoms with van der Waals surface area (Å²) in [6, 6.07) is 0.311. The van der Waals surface area contributed by atoms with Gasteiger partial charge in [-0.25, -0.2) is 5.06 Å². The molecule has 1 aliphatic carbocycles. The zero-order valence-electron chi connectivity index (χ0n) is 13.2. The molecule has 13 heteroatoms. The highest BCUT2D eigenvalue weighted by molar-refractivity contribution is 9.12. The van der Waals surface area contributed by atoms with Gasteiger partial charge < -0.3 is 0 Å². The average Bonchev–Trinajstić information content (AvgIpc) is 2.56. The summed E-state index contributed by atoms with van der Waals surface area (Å²) >= 11 is 2.75. The molecule has 0 amide bonds. The van der Waals surface area contributed by atoms with Crippen molar-refractivity contribution >= 4 is 27.4 Å². The normalized spacial score (nSPS) is 16.7. The molecule has 0 bridgehead atoms. The Morgan fingerprint density at radius 2 is 1.54 bits per heavy atom. The number of nitro groups is 1. The summed E-state index contributed by atoms with van der Waals surface area (Å²) in [6.45, 7) is 0. The second-order valence-corrected chi connectivity index (χ2v) is 6.20. The smallest absolute Gasteiger partial charge is 0.288 e.